The summed E-state index contributed by atoms with van der Waals surface area (Å²) in [5, 5.41) is 14.4. The van der Waals surface area contributed by atoms with Crippen LogP contribution < -0.4 is 10.1 Å². The molecule has 0 amide bonds. The van der Waals surface area contributed by atoms with Crippen LogP contribution in [0.15, 0.2) is 42.5 Å². The number of nitrogens with zero attached hydrogens (tertiary/aromatic N) is 1. The maximum absolute atomic E-state index is 11.0. The van der Waals surface area contributed by atoms with Gasteiger partial charge in [0.15, 0.2) is 0 Å². The average Bonchev–Trinajstić information content (AvgIpc) is 2.41. The van der Waals surface area contributed by atoms with Crippen molar-refractivity contribution in [1.29, 1.82) is 0 Å². The summed E-state index contributed by atoms with van der Waals surface area (Å²) in [6.07, 6.45) is 0. The van der Waals surface area contributed by atoms with E-state index in [0.29, 0.717) is 17.3 Å². The van der Waals surface area contributed by atoms with Crippen molar-refractivity contribution < 1.29 is 9.66 Å². The predicted molar refractivity (Wildman–Crippen MR) is 77.4 cm³/mol. The van der Waals surface area contributed by atoms with Crippen LogP contribution in [-0.2, 0) is 6.54 Å². The first-order chi connectivity index (χ1) is 9.61. The second-order valence-corrected chi connectivity index (χ2v) is 4.55. The molecule has 0 spiro atoms. The number of para-hydroxylation sites is 1. The smallest absolute Gasteiger partial charge is 0.311 e. The highest BCUT2D eigenvalue weighted by Crippen LogP contribution is 2.34. The Balaban J connectivity index is 2.39. The van der Waals surface area contributed by atoms with Gasteiger partial charge in [0.2, 0.25) is 5.75 Å². The van der Waals surface area contributed by atoms with Crippen molar-refractivity contribution in [3.05, 3.63) is 63.2 Å². The highest BCUT2D eigenvalue weighted by atomic mass is 35.5. The molecule has 1 N–H and O–H groups in total. The molecule has 0 atom stereocenters. The van der Waals surface area contributed by atoms with E-state index in [1.165, 1.54) is 18.2 Å². The molecule has 0 saturated heterocycles. The molecule has 0 aliphatic carbocycles. The Morgan fingerprint density at radius 1 is 1.25 bits per heavy atom. The second-order valence-electron chi connectivity index (χ2n) is 4.11. The van der Waals surface area contributed by atoms with Crippen molar-refractivity contribution in [2.75, 3.05) is 7.05 Å². The first kappa shape index (κ1) is 14.3. The summed E-state index contributed by atoms with van der Waals surface area (Å²) in [6, 6.07) is 11.6. The zero-order valence-corrected chi connectivity index (χ0v) is 11.6. The molecule has 2 aromatic rings. The van der Waals surface area contributed by atoms with E-state index in [1.54, 1.807) is 6.07 Å². The van der Waals surface area contributed by atoms with Gasteiger partial charge in [-0.3, -0.25) is 10.1 Å². The van der Waals surface area contributed by atoms with Gasteiger partial charge in [-0.2, -0.15) is 0 Å². The molecule has 0 saturated carbocycles. The normalized spacial score (nSPS) is 10.3. The quantitative estimate of drug-likeness (QED) is 0.673. The lowest BCUT2D eigenvalue weighted by Crippen LogP contribution is -2.06. The molecule has 0 heterocycles. The lowest BCUT2D eigenvalue weighted by atomic mass is 10.2. The Hall–Kier alpha value is -2.11. The van der Waals surface area contributed by atoms with Crippen molar-refractivity contribution in [2.45, 2.75) is 6.54 Å². The molecule has 6 heteroatoms. The average molecular weight is 293 g/mol. The van der Waals surface area contributed by atoms with Crippen LogP contribution >= 0.6 is 11.6 Å². The third-order valence-electron chi connectivity index (χ3n) is 2.68. The van der Waals surface area contributed by atoms with E-state index in [4.69, 9.17) is 16.3 Å². The van der Waals surface area contributed by atoms with Gasteiger partial charge in [-0.25, -0.2) is 0 Å². The number of halogens is 1. The molecule has 2 rings (SSSR count). The van der Waals surface area contributed by atoms with Crippen LogP contribution in [0.2, 0.25) is 5.02 Å². The van der Waals surface area contributed by atoms with Crippen LogP contribution in [0.5, 0.6) is 11.5 Å². The number of nitro benzene ring substituents is 1. The fourth-order valence-electron chi connectivity index (χ4n) is 1.78. The van der Waals surface area contributed by atoms with Gasteiger partial charge in [0.05, 0.1) is 4.92 Å². The zero-order valence-electron chi connectivity index (χ0n) is 10.8. The van der Waals surface area contributed by atoms with E-state index in [9.17, 15) is 10.1 Å². The van der Waals surface area contributed by atoms with Crippen LogP contribution in [0.3, 0.4) is 0 Å². The minimum atomic E-state index is -0.494. The zero-order chi connectivity index (χ0) is 14.5. The lowest BCUT2D eigenvalue weighted by Gasteiger charge is -2.11. The van der Waals surface area contributed by atoms with Crippen LogP contribution in [-0.4, -0.2) is 12.0 Å². The van der Waals surface area contributed by atoms with Gasteiger partial charge >= 0.3 is 5.69 Å². The van der Waals surface area contributed by atoms with Crippen molar-refractivity contribution in [3.63, 3.8) is 0 Å². The van der Waals surface area contributed by atoms with Gasteiger partial charge in [-0.15, -0.1) is 0 Å². The molecule has 0 fully saturated rings. The van der Waals surface area contributed by atoms with Gasteiger partial charge in [0.1, 0.15) is 5.75 Å². The molecule has 0 bridgehead atoms. The van der Waals surface area contributed by atoms with Crippen molar-refractivity contribution in [2.24, 2.45) is 0 Å². The molecular formula is C14H13ClN2O3. The Morgan fingerprint density at radius 2 is 2.00 bits per heavy atom. The number of benzene rings is 2. The van der Waals surface area contributed by atoms with E-state index >= 15 is 0 Å². The number of ether oxygens (including phenoxy) is 1. The Bertz CT molecular complexity index is 632. The minimum absolute atomic E-state index is 0.117. The van der Waals surface area contributed by atoms with Gasteiger partial charge < -0.3 is 10.1 Å². The van der Waals surface area contributed by atoms with E-state index in [-0.39, 0.29) is 11.4 Å². The van der Waals surface area contributed by atoms with E-state index < -0.39 is 4.92 Å². The molecule has 104 valence electrons. The summed E-state index contributed by atoms with van der Waals surface area (Å²) < 4.78 is 5.67. The summed E-state index contributed by atoms with van der Waals surface area (Å²) in [5.74, 6) is 0.693. The molecule has 2 aromatic carbocycles. The van der Waals surface area contributed by atoms with E-state index in [2.05, 4.69) is 5.32 Å². The summed E-state index contributed by atoms with van der Waals surface area (Å²) in [6.45, 7) is 0.602. The van der Waals surface area contributed by atoms with Crippen molar-refractivity contribution >= 4 is 17.3 Å². The molecule has 0 aliphatic heterocycles. The number of hydrogen-bond donors (Lipinski definition) is 1. The van der Waals surface area contributed by atoms with Crippen LogP contribution in [0.25, 0.3) is 0 Å². The molecule has 0 unspecified atom stereocenters. The second kappa shape index (κ2) is 6.36. The van der Waals surface area contributed by atoms with Crippen molar-refractivity contribution in [1.82, 2.24) is 5.32 Å². The minimum Gasteiger partial charge on any atom is -0.450 e. The summed E-state index contributed by atoms with van der Waals surface area (Å²) in [5.41, 5.74) is 0.790. The third-order valence-corrected chi connectivity index (χ3v) is 2.91. The largest absolute Gasteiger partial charge is 0.450 e. The number of nitro groups is 1. The Morgan fingerprint density at radius 3 is 2.70 bits per heavy atom. The van der Waals surface area contributed by atoms with Crippen molar-refractivity contribution in [3.8, 4) is 11.5 Å². The molecule has 5 nitrogen and oxygen atoms in total. The fourth-order valence-corrected chi connectivity index (χ4v) is 1.94. The summed E-state index contributed by atoms with van der Waals surface area (Å²) in [7, 11) is 1.82. The highest BCUT2D eigenvalue weighted by Gasteiger charge is 2.17. The van der Waals surface area contributed by atoms with Gasteiger partial charge in [-0.1, -0.05) is 29.8 Å². The molecule has 0 aliphatic rings. The number of rotatable bonds is 5. The molecule has 0 aromatic heterocycles. The monoisotopic (exact) mass is 292 g/mol. The van der Waals surface area contributed by atoms with Crippen LogP contribution in [0.4, 0.5) is 5.69 Å². The highest BCUT2D eigenvalue weighted by molar-refractivity contribution is 6.30. The fraction of sp³-hybridized carbons (Fsp3) is 0.143. The van der Waals surface area contributed by atoms with Gasteiger partial charge in [-0.05, 0) is 19.2 Å². The number of hydrogen-bond acceptors (Lipinski definition) is 4. The standard InChI is InChI=1S/C14H13ClN2O3/c1-16-9-10-4-2-3-5-13(10)20-14-8-11(15)6-7-12(14)17(18)19/h2-8,16H,9H2,1H3. The molecular weight excluding hydrogens is 280 g/mol. The summed E-state index contributed by atoms with van der Waals surface area (Å²) in [4.78, 5) is 10.5. The maximum atomic E-state index is 11.0. The van der Waals surface area contributed by atoms with Crippen LogP contribution in [0, 0.1) is 10.1 Å². The van der Waals surface area contributed by atoms with E-state index in [1.807, 2.05) is 25.2 Å². The Labute approximate surface area is 121 Å². The topological polar surface area (TPSA) is 64.4 Å². The third kappa shape index (κ3) is 3.26. The lowest BCUT2D eigenvalue weighted by molar-refractivity contribution is -0.385. The molecule has 20 heavy (non-hydrogen) atoms. The maximum Gasteiger partial charge on any atom is 0.311 e. The first-order valence-electron chi connectivity index (χ1n) is 5.96. The molecule has 0 radical (unpaired) electrons. The first-order valence-corrected chi connectivity index (χ1v) is 6.34. The predicted octanol–water partition coefficient (Wildman–Crippen LogP) is 3.76. The van der Waals surface area contributed by atoms with Crippen LogP contribution in [0.1, 0.15) is 5.56 Å². The van der Waals surface area contributed by atoms with Gasteiger partial charge in [0, 0.05) is 29.3 Å². The number of nitrogens with one attached hydrogen (secondary N) is 1. The van der Waals surface area contributed by atoms with Gasteiger partial charge in [0.25, 0.3) is 0 Å². The van der Waals surface area contributed by atoms with E-state index in [0.717, 1.165) is 5.56 Å². The Kier molecular flexibility index (Phi) is 4.55. The SMILES string of the molecule is CNCc1ccccc1Oc1cc(Cl)ccc1[N+](=O)[O-]. The summed E-state index contributed by atoms with van der Waals surface area (Å²) >= 11 is 5.87.